The van der Waals surface area contributed by atoms with Gasteiger partial charge in [-0.15, -0.1) is 11.8 Å². The number of hydrogen-bond donors (Lipinski definition) is 0. The molecule has 0 spiro atoms. The zero-order chi connectivity index (χ0) is 15.4. The molecule has 3 heteroatoms. The van der Waals surface area contributed by atoms with Gasteiger partial charge in [-0.25, -0.2) is 0 Å². The van der Waals surface area contributed by atoms with Crippen LogP contribution in [0.4, 0.5) is 0 Å². The van der Waals surface area contributed by atoms with E-state index in [0.29, 0.717) is 0 Å². The van der Waals surface area contributed by atoms with Crippen LogP contribution in [0.5, 0.6) is 0 Å². The molecule has 0 saturated heterocycles. The molecule has 22 heavy (non-hydrogen) atoms. The molecule has 0 unspecified atom stereocenters. The van der Waals surface area contributed by atoms with Crippen LogP contribution in [0.15, 0.2) is 65.6 Å². The highest BCUT2D eigenvalue weighted by Crippen LogP contribution is 2.23. The van der Waals surface area contributed by atoms with Crippen molar-refractivity contribution in [1.29, 1.82) is 0 Å². The number of ketones is 1. The minimum Gasteiger partial charge on any atom is -0.292 e. The SMILES string of the molecule is CSc1ccccc1C(=O)c1ccc(CN2CC=CC2)cc1. The molecule has 0 bridgehead atoms. The fourth-order valence-electron chi connectivity index (χ4n) is 2.66. The molecular formula is C19H19NOS. The highest BCUT2D eigenvalue weighted by molar-refractivity contribution is 7.98. The van der Waals surface area contributed by atoms with Crippen LogP contribution in [0.2, 0.25) is 0 Å². The molecular weight excluding hydrogens is 290 g/mol. The summed E-state index contributed by atoms with van der Waals surface area (Å²) in [6.07, 6.45) is 6.38. The van der Waals surface area contributed by atoms with Crippen LogP contribution in [0, 0.1) is 0 Å². The van der Waals surface area contributed by atoms with E-state index in [1.807, 2.05) is 42.7 Å². The van der Waals surface area contributed by atoms with Crippen molar-refractivity contribution in [2.75, 3.05) is 19.3 Å². The van der Waals surface area contributed by atoms with E-state index in [2.05, 4.69) is 29.2 Å². The summed E-state index contributed by atoms with van der Waals surface area (Å²) >= 11 is 1.61. The Bertz CT molecular complexity index is 683. The summed E-state index contributed by atoms with van der Waals surface area (Å²) in [7, 11) is 0. The van der Waals surface area contributed by atoms with Gasteiger partial charge in [-0.1, -0.05) is 48.6 Å². The summed E-state index contributed by atoms with van der Waals surface area (Å²) in [6.45, 7) is 2.96. The second-order valence-corrected chi connectivity index (χ2v) is 6.24. The van der Waals surface area contributed by atoms with Crippen LogP contribution < -0.4 is 0 Å². The number of carbonyl (C=O) groups is 1. The largest absolute Gasteiger partial charge is 0.292 e. The van der Waals surface area contributed by atoms with Crippen LogP contribution in [0.25, 0.3) is 0 Å². The van der Waals surface area contributed by atoms with E-state index in [4.69, 9.17) is 0 Å². The maximum Gasteiger partial charge on any atom is 0.194 e. The molecule has 0 N–H and O–H groups in total. The van der Waals surface area contributed by atoms with Crippen molar-refractivity contribution >= 4 is 17.5 Å². The maximum absolute atomic E-state index is 12.6. The number of carbonyl (C=O) groups excluding carboxylic acids is 1. The van der Waals surface area contributed by atoms with Crippen molar-refractivity contribution in [3.8, 4) is 0 Å². The van der Waals surface area contributed by atoms with Gasteiger partial charge in [0.05, 0.1) is 0 Å². The second kappa shape index (κ2) is 6.95. The molecule has 1 heterocycles. The van der Waals surface area contributed by atoms with E-state index in [0.717, 1.165) is 35.7 Å². The molecule has 0 amide bonds. The van der Waals surface area contributed by atoms with E-state index in [-0.39, 0.29) is 5.78 Å². The third-order valence-electron chi connectivity index (χ3n) is 3.87. The average molecular weight is 309 g/mol. The molecule has 3 rings (SSSR count). The Labute approximate surface area is 135 Å². The van der Waals surface area contributed by atoms with E-state index in [1.54, 1.807) is 11.8 Å². The zero-order valence-corrected chi connectivity index (χ0v) is 13.5. The van der Waals surface area contributed by atoms with Crippen molar-refractivity contribution in [3.63, 3.8) is 0 Å². The lowest BCUT2D eigenvalue weighted by atomic mass is 10.0. The predicted octanol–water partition coefficient (Wildman–Crippen LogP) is 4.01. The third-order valence-corrected chi connectivity index (χ3v) is 4.66. The first-order valence-electron chi connectivity index (χ1n) is 7.42. The topological polar surface area (TPSA) is 20.3 Å². The van der Waals surface area contributed by atoms with Gasteiger partial charge in [0.15, 0.2) is 5.78 Å². The molecule has 1 aliphatic rings. The van der Waals surface area contributed by atoms with Gasteiger partial charge >= 0.3 is 0 Å². The number of nitrogens with zero attached hydrogens (tertiary/aromatic N) is 1. The van der Waals surface area contributed by atoms with Gasteiger partial charge in [0.25, 0.3) is 0 Å². The van der Waals surface area contributed by atoms with Crippen LogP contribution in [-0.2, 0) is 6.54 Å². The lowest BCUT2D eigenvalue weighted by Gasteiger charge is -2.14. The van der Waals surface area contributed by atoms with Gasteiger partial charge < -0.3 is 0 Å². The monoisotopic (exact) mass is 309 g/mol. The summed E-state index contributed by atoms with van der Waals surface area (Å²) < 4.78 is 0. The number of thioether (sulfide) groups is 1. The number of benzene rings is 2. The van der Waals surface area contributed by atoms with E-state index >= 15 is 0 Å². The molecule has 0 aromatic heterocycles. The fraction of sp³-hybridized carbons (Fsp3) is 0.211. The molecule has 112 valence electrons. The lowest BCUT2D eigenvalue weighted by Crippen LogP contribution is -2.19. The number of hydrogen-bond acceptors (Lipinski definition) is 3. The van der Waals surface area contributed by atoms with Gasteiger partial charge in [-0.3, -0.25) is 9.69 Å². The number of rotatable bonds is 5. The Hall–Kier alpha value is -1.84. The van der Waals surface area contributed by atoms with Gasteiger partial charge in [0, 0.05) is 35.7 Å². The van der Waals surface area contributed by atoms with Crippen molar-refractivity contribution in [1.82, 2.24) is 4.90 Å². The zero-order valence-electron chi connectivity index (χ0n) is 12.7. The normalized spacial score (nSPS) is 14.4. The first-order chi connectivity index (χ1) is 10.8. The van der Waals surface area contributed by atoms with E-state index in [9.17, 15) is 4.79 Å². The van der Waals surface area contributed by atoms with Gasteiger partial charge in [-0.2, -0.15) is 0 Å². The van der Waals surface area contributed by atoms with Gasteiger partial charge in [-0.05, 0) is 24.0 Å². The van der Waals surface area contributed by atoms with Crippen LogP contribution in [0.1, 0.15) is 21.5 Å². The van der Waals surface area contributed by atoms with Crippen molar-refractivity contribution in [2.45, 2.75) is 11.4 Å². The molecule has 2 aromatic rings. The lowest BCUT2D eigenvalue weighted by molar-refractivity contribution is 0.103. The molecule has 2 nitrogen and oxygen atoms in total. The smallest absolute Gasteiger partial charge is 0.194 e. The minimum atomic E-state index is 0.0966. The predicted molar refractivity (Wildman–Crippen MR) is 92.5 cm³/mol. The van der Waals surface area contributed by atoms with Crippen molar-refractivity contribution < 1.29 is 4.79 Å². The fourth-order valence-corrected chi connectivity index (χ4v) is 3.25. The van der Waals surface area contributed by atoms with Crippen LogP contribution >= 0.6 is 11.8 Å². The standard InChI is InChI=1S/C19H19NOS/c1-22-18-7-3-2-6-17(18)19(21)16-10-8-15(9-11-16)14-20-12-4-5-13-20/h2-11H,12-14H2,1H3. The summed E-state index contributed by atoms with van der Waals surface area (Å²) in [5, 5.41) is 0. The maximum atomic E-state index is 12.6. The second-order valence-electron chi connectivity index (χ2n) is 5.39. The van der Waals surface area contributed by atoms with E-state index in [1.165, 1.54) is 5.56 Å². The summed E-state index contributed by atoms with van der Waals surface area (Å²) in [4.78, 5) is 16.0. The highest BCUT2D eigenvalue weighted by atomic mass is 32.2. The molecule has 0 fully saturated rings. The van der Waals surface area contributed by atoms with E-state index < -0.39 is 0 Å². The van der Waals surface area contributed by atoms with Crippen molar-refractivity contribution in [3.05, 3.63) is 77.4 Å². The Morgan fingerprint density at radius 1 is 1.05 bits per heavy atom. The Kier molecular flexibility index (Phi) is 4.76. The van der Waals surface area contributed by atoms with Crippen LogP contribution in [0.3, 0.4) is 0 Å². The molecule has 0 radical (unpaired) electrons. The molecule has 0 saturated carbocycles. The molecule has 0 aliphatic carbocycles. The summed E-state index contributed by atoms with van der Waals surface area (Å²) in [5.41, 5.74) is 2.79. The molecule has 1 aliphatic heterocycles. The Morgan fingerprint density at radius 2 is 1.73 bits per heavy atom. The third kappa shape index (κ3) is 3.32. The van der Waals surface area contributed by atoms with Gasteiger partial charge in [0.1, 0.15) is 0 Å². The van der Waals surface area contributed by atoms with Crippen LogP contribution in [-0.4, -0.2) is 30.0 Å². The Morgan fingerprint density at radius 3 is 2.41 bits per heavy atom. The van der Waals surface area contributed by atoms with Gasteiger partial charge in [0.2, 0.25) is 0 Å². The molecule has 2 aromatic carbocycles. The summed E-state index contributed by atoms with van der Waals surface area (Å²) in [6, 6.07) is 15.8. The minimum absolute atomic E-state index is 0.0966. The first-order valence-corrected chi connectivity index (χ1v) is 8.64. The first kappa shape index (κ1) is 15.1. The van der Waals surface area contributed by atoms with Crippen molar-refractivity contribution in [2.24, 2.45) is 0 Å². The highest BCUT2D eigenvalue weighted by Gasteiger charge is 2.13. The summed E-state index contributed by atoms with van der Waals surface area (Å²) in [5.74, 6) is 0.0966. The molecule has 0 atom stereocenters. The quantitative estimate of drug-likeness (QED) is 0.473. The Balaban J connectivity index is 1.75. The average Bonchev–Trinajstić information content (AvgIpc) is 3.08.